The number of rotatable bonds is 0. The molecule has 78 valence electrons. The zero-order valence-electron chi connectivity index (χ0n) is 8.70. The van der Waals surface area contributed by atoms with Gasteiger partial charge in [-0.05, 0) is 41.7 Å². The summed E-state index contributed by atoms with van der Waals surface area (Å²) in [4.78, 5) is 4.37. The van der Waals surface area contributed by atoms with Crippen molar-refractivity contribution in [3.05, 3.63) is 46.6 Å². The fourth-order valence-corrected chi connectivity index (χ4v) is 3.32. The molecule has 0 spiro atoms. The van der Waals surface area contributed by atoms with Gasteiger partial charge in [0.2, 0.25) is 0 Å². The van der Waals surface area contributed by atoms with Crippen LogP contribution in [0.15, 0.2) is 30.5 Å². The van der Waals surface area contributed by atoms with Crippen molar-refractivity contribution in [3.63, 3.8) is 0 Å². The van der Waals surface area contributed by atoms with Crippen LogP contribution in [0.4, 0.5) is 0 Å². The highest BCUT2D eigenvalue weighted by Crippen LogP contribution is 2.55. The first-order valence-corrected chi connectivity index (χ1v) is 6.01. The molecule has 1 aromatic carbocycles. The third-order valence-electron chi connectivity index (χ3n) is 3.73. The lowest BCUT2D eigenvalue weighted by Gasteiger charge is -2.31. The van der Waals surface area contributed by atoms with Crippen molar-refractivity contribution in [2.45, 2.75) is 18.8 Å². The molecule has 0 saturated heterocycles. The van der Waals surface area contributed by atoms with Crippen molar-refractivity contribution >= 4 is 28.1 Å². The Hall–Kier alpha value is -1.34. The maximum Gasteiger partial charge on any atom is 0.0894 e. The van der Waals surface area contributed by atoms with Gasteiger partial charge in [-0.1, -0.05) is 23.7 Å². The van der Waals surface area contributed by atoms with Gasteiger partial charge in [-0.25, -0.2) is 0 Å². The Morgan fingerprint density at radius 3 is 3.25 bits per heavy atom. The Morgan fingerprint density at radius 2 is 2.31 bits per heavy atom. The summed E-state index contributed by atoms with van der Waals surface area (Å²) in [6.07, 6.45) is 6.63. The van der Waals surface area contributed by atoms with E-state index in [1.165, 1.54) is 34.9 Å². The molecule has 2 aliphatic rings. The Bertz CT molecular complexity index is 642. The third-order valence-corrected chi connectivity index (χ3v) is 4.02. The van der Waals surface area contributed by atoms with Gasteiger partial charge in [-0.3, -0.25) is 4.98 Å². The SMILES string of the molecule is Clc1cc2c(c3cccnc13)C1=CCCC12. The lowest BCUT2D eigenvalue weighted by molar-refractivity contribution is 0.781. The minimum absolute atomic E-state index is 0.650. The average Bonchev–Trinajstić information content (AvgIpc) is 2.70. The highest BCUT2D eigenvalue weighted by molar-refractivity contribution is 6.35. The molecule has 2 aromatic rings. The summed E-state index contributed by atoms with van der Waals surface area (Å²) < 4.78 is 0. The molecule has 2 aliphatic carbocycles. The molecule has 0 aliphatic heterocycles. The normalized spacial score (nSPS) is 21.3. The van der Waals surface area contributed by atoms with Crippen LogP contribution in [0.2, 0.25) is 5.02 Å². The number of hydrogen-bond donors (Lipinski definition) is 0. The van der Waals surface area contributed by atoms with Gasteiger partial charge in [0.15, 0.2) is 0 Å². The molecule has 1 heterocycles. The quantitative estimate of drug-likeness (QED) is 0.659. The van der Waals surface area contributed by atoms with Gasteiger partial charge in [0, 0.05) is 17.5 Å². The number of nitrogens with zero attached hydrogens (tertiary/aromatic N) is 1. The van der Waals surface area contributed by atoms with Crippen molar-refractivity contribution in [1.82, 2.24) is 4.98 Å². The molecule has 0 bridgehead atoms. The molecule has 0 amide bonds. The number of allylic oxidation sites excluding steroid dienone is 2. The first kappa shape index (κ1) is 8.77. The van der Waals surface area contributed by atoms with E-state index in [2.05, 4.69) is 23.2 Å². The highest BCUT2D eigenvalue weighted by atomic mass is 35.5. The Balaban J connectivity index is 2.16. The molecule has 4 rings (SSSR count). The minimum Gasteiger partial charge on any atom is -0.255 e. The lowest BCUT2D eigenvalue weighted by Crippen LogP contribution is -2.13. The molecule has 1 atom stereocenters. The van der Waals surface area contributed by atoms with E-state index in [4.69, 9.17) is 11.6 Å². The topological polar surface area (TPSA) is 12.9 Å². The second-order valence-corrected chi connectivity index (χ2v) is 4.92. The molecule has 0 saturated carbocycles. The van der Waals surface area contributed by atoms with Crippen molar-refractivity contribution < 1.29 is 0 Å². The fraction of sp³-hybridized carbons (Fsp3) is 0.214. The van der Waals surface area contributed by atoms with E-state index in [-0.39, 0.29) is 0 Å². The van der Waals surface area contributed by atoms with Gasteiger partial charge < -0.3 is 0 Å². The number of hydrogen-bond acceptors (Lipinski definition) is 1. The summed E-state index contributed by atoms with van der Waals surface area (Å²) in [6, 6.07) is 6.23. The summed E-state index contributed by atoms with van der Waals surface area (Å²) in [5, 5.41) is 2.01. The van der Waals surface area contributed by atoms with E-state index in [1.807, 2.05) is 6.07 Å². The Labute approximate surface area is 98.8 Å². The predicted molar refractivity (Wildman–Crippen MR) is 66.7 cm³/mol. The van der Waals surface area contributed by atoms with Gasteiger partial charge >= 0.3 is 0 Å². The summed E-state index contributed by atoms with van der Waals surface area (Å²) in [5.74, 6) is 0.650. The minimum atomic E-state index is 0.650. The summed E-state index contributed by atoms with van der Waals surface area (Å²) in [7, 11) is 0. The lowest BCUT2D eigenvalue weighted by atomic mass is 9.72. The average molecular weight is 228 g/mol. The largest absolute Gasteiger partial charge is 0.255 e. The van der Waals surface area contributed by atoms with Crippen LogP contribution in [0, 0.1) is 0 Å². The van der Waals surface area contributed by atoms with E-state index >= 15 is 0 Å². The number of benzene rings is 1. The molecule has 0 N–H and O–H groups in total. The van der Waals surface area contributed by atoms with Crippen molar-refractivity contribution in [2.75, 3.05) is 0 Å². The van der Waals surface area contributed by atoms with Gasteiger partial charge in [0.05, 0.1) is 10.5 Å². The molecule has 1 unspecified atom stereocenters. The molecular formula is C14H10ClN. The standard InChI is InChI=1S/C14H10ClN/c15-12-7-11-8-3-1-4-9(8)13(11)10-5-2-6-16-14(10)12/h2,4-8H,1,3H2. The molecule has 1 aromatic heterocycles. The molecule has 16 heavy (non-hydrogen) atoms. The molecule has 0 radical (unpaired) electrons. The third kappa shape index (κ3) is 0.903. The highest BCUT2D eigenvalue weighted by Gasteiger charge is 2.36. The first-order valence-electron chi connectivity index (χ1n) is 5.64. The second-order valence-electron chi connectivity index (χ2n) is 4.51. The molecule has 1 nitrogen and oxygen atoms in total. The van der Waals surface area contributed by atoms with Crippen LogP contribution in [0.25, 0.3) is 16.5 Å². The van der Waals surface area contributed by atoms with Crippen molar-refractivity contribution in [2.24, 2.45) is 0 Å². The maximum absolute atomic E-state index is 6.28. The number of fused-ring (bicyclic) bond motifs is 6. The van der Waals surface area contributed by atoms with Crippen LogP contribution >= 0.6 is 11.6 Å². The van der Waals surface area contributed by atoms with Gasteiger partial charge in [-0.2, -0.15) is 0 Å². The van der Waals surface area contributed by atoms with E-state index in [0.717, 1.165) is 10.5 Å². The number of pyridine rings is 1. The number of halogens is 1. The maximum atomic E-state index is 6.28. The van der Waals surface area contributed by atoms with Gasteiger partial charge in [0.1, 0.15) is 0 Å². The molecule has 0 fully saturated rings. The smallest absolute Gasteiger partial charge is 0.0894 e. The zero-order chi connectivity index (χ0) is 10.7. The number of aromatic nitrogens is 1. The van der Waals surface area contributed by atoms with Crippen molar-refractivity contribution in [1.29, 1.82) is 0 Å². The second kappa shape index (κ2) is 2.86. The predicted octanol–water partition coefficient (Wildman–Crippen LogP) is 4.16. The summed E-state index contributed by atoms with van der Waals surface area (Å²) in [6.45, 7) is 0. The van der Waals surface area contributed by atoms with E-state index in [0.29, 0.717) is 5.92 Å². The van der Waals surface area contributed by atoms with Gasteiger partial charge in [-0.15, -0.1) is 0 Å². The Morgan fingerprint density at radius 1 is 1.38 bits per heavy atom. The van der Waals surface area contributed by atoms with E-state index in [9.17, 15) is 0 Å². The van der Waals surface area contributed by atoms with Gasteiger partial charge in [0.25, 0.3) is 0 Å². The van der Waals surface area contributed by atoms with E-state index in [1.54, 1.807) is 6.20 Å². The van der Waals surface area contributed by atoms with Crippen LogP contribution in [0.5, 0.6) is 0 Å². The van der Waals surface area contributed by atoms with Crippen LogP contribution in [0.1, 0.15) is 29.9 Å². The molecule has 2 heteroatoms. The van der Waals surface area contributed by atoms with E-state index < -0.39 is 0 Å². The van der Waals surface area contributed by atoms with Crippen LogP contribution < -0.4 is 0 Å². The summed E-state index contributed by atoms with van der Waals surface area (Å²) in [5.41, 5.74) is 5.28. The molecular weight excluding hydrogens is 218 g/mol. The van der Waals surface area contributed by atoms with Crippen LogP contribution in [0.3, 0.4) is 0 Å². The van der Waals surface area contributed by atoms with Crippen LogP contribution in [-0.2, 0) is 0 Å². The zero-order valence-corrected chi connectivity index (χ0v) is 9.46. The van der Waals surface area contributed by atoms with Crippen LogP contribution in [-0.4, -0.2) is 4.98 Å². The Kier molecular flexibility index (Phi) is 1.57. The fourth-order valence-electron chi connectivity index (χ4n) is 3.05. The first-order chi connectivity index (χ1) is 7.86. The van der Waals surface area contributed by atoms with Crippen molar-refractivity contribution in [3.8, 4) is 0 Å². The summed E-state index contributed by atoms with van der Waals surface area (Å²) >= 11 is 6.28. The monoisotopic (exact) mass is 227 g/mol.